The molecule has 0 spiro atoms. The Kier molecular flexibility index (Phi) is 11.9. The van der Waals surface area contributed by atoms with Gasteiger partial charge in [-0.2, -0.15) is 0 Å². The molecule has 3 rings (SSSR count). The van der Waals surface area contributed by atoms with Crippen LogP contribution in [0.15, 0.2) is 71.6 Å². The van der Waals surface area contributed by atoms with E-state index in [4.69, 9.17) is 39.5 Å². The molecule has 1 unspecified atom stereocenters. The van der Waals surface area contributed by atoms with Gasteiger partial charge in [-0.15, -0.1) is 0 Å². The van der Waals surface area contributed by atoms with E-state index in [1.807, 2.05) is 13.8 Å². The number of halogens is 3. The van der Waals surface area contributed by atoms with Crippen LogP contribution >= 0.6 is 34.8 Å². The zero-order chi connectivity index (χ0) is 31.0. The maximum Gasteiger partial charge on any atom is 0.264 e. The number of nitrogens with one attached hydrogen (secondary N) is 1. The van der Waals surface area contributed by atoms with Crippen LogP contribution in [0.25, 0.3) is 0 Å². The van der Waals surface area contributed by atoms with Gasteiger partial charge in [-0.25, -0.2) is 8.42 Å². The molecule has 0 aliphatic rings. The predicted molar refractivity (Wildman–Crippen MR) is 168 cm³/mol. The summed E-state index contributed by atoms with van der Waals surface area (Å²) in [6.07, 6.45) is 0.291. The lowest BCUT2D eigenvalue weighted by Gasteiger charge is -2.33. The van der Waals surface area contributed by atoms with Gasteiger partial charge in [0.05, 0.1) is 27.7 Å². The van der Waals surface area contributed by atoms with Gasteiger partial charge in [-0.3, -0.25) is 13.9 Å². The minimum absolute atomic E-state index is 0.00467. The monoisotopic (exact) mass is 653 g/mol. The van der Waals surface area contributed by atoms with Crippen molar-refractivity contribution in [3.05, 3.63) is 87.4 Å². The summed E-state index contributed by atoms with van der Waals surface area (Å²) in [5.74, 6) is -0.263. The molecule has 0 aliphatic heterocycles. The minimum atomic E-state index is -4.25. The van der Waals surface area contributed by atoms with E-state index >= 15 is 0 Å². The quantitative estimate of drug-likeness (QED) is 0.229. The van der Waals surface area contributed by atoms with Gasteiger partial charge in [-0.05, 0) is 72.5 Å². The van der Waals surface area contributed by atoms with Gasteiger partial charge in [0.1, 0.15) is 18.3 Å². The van der Waals surface area contributed by atoms with Gasteiger partial charge in [0.15, 0.2) is 0 Å². The van der Waals surface area contributed by atoms with Gasteiger partial charge in [0.25, 0.3) is 10.0 Å². The van der Waals surface area contributed by atoms with Crippen LogP contribution in [0, 0.1) is 5.92 Å². The summed E-state index contributed by atoms with van der Waals surface area (Å²) < 4.78 is 34.1. The van der Waals surface area contributed by atoms with Crippen LogP contribution in [0.4, 0.5) is 5.69 Å². The van der Waals surface area contributed by atoms with E-state index in [0.29, 0.717) is 39.3 Å². The van der Waals surface area contributed by atoms with Gasteiger partial charge in [0, 0.05) is 18.1 Å². The molecule has 3 aromatic rings. The Hall–Kier alpha value is -2.98. The fourth-order valence-corrected chi connectivity index (χ4v) is 6.12. The third-order valence-electron chi connectivity index (χ3n) is 6.43. The Morgan fingerprint density at radius 3 is 2.21 bits per heavy atom. The van der Waals surface area contributed by atoms with Crippen LogP contribution in [0.1, 0.15) is 32.8 Å². The summed E-state index contributed by atoms with van der Waals surface area (Å²) in [6, 6.07) is 16.1. The molecule has 0 aliphatic carbocycles. The number of hydrogen-bond donors (Lipinski definition) is 1. The maximum atomic E-state index is 14.1. The number of rotatable bonds is 13. The highest BCUT2D eigenvalue weighted by Gasteiger charge is 2.34. The van der Waals surface area contributed by atoms with Crippen molar-refractivity contribution in [3.8, 4) is 5.75 Å². The SMILES string of the molecule is CCC(C(=O)NCC(C)C)N(Cc1ccc(Cl)c(Cl)c1)C(=O)CN(c1cccc(Cl)c1)S(=O)(=O)c1ccc(OC)cc1. The zero-order valence-corrected chi connectivity index (χ0v) is 26.9. The van der Waals surface area contributed by atoms with Gasteiger partial charge >= 0.3 is 0 Å². The van der Waals surface area contributed by atoms with Crippen LogP contribution in [-0.4, -0.2) is 51.4 Å². The highest BCUT2D eigenvalue weighted by Crippen LogP contribution is 2.29. The van der Waals surface area contributed by atoms with Crippen molar-refractivity contribution in [1.82, 2.24) is 10.2 Å². The normalized spacial score (nSPS) is 12.1. The summed E-state index contributed by atoms with van der Waals surface area (Å²) in [7, 11) is -2.77. The standard InChI is InChI=1S/C30H34Cl3N3O5S/c1-5-28(30(38)34-17-20(2)3)35(18-21-9-14-26(32)27(33)15-21)29(37)19-36(23-8-6-7-22(31)16-23)42(39,40)25-12-10-24(41-4)11-13-25/h6-16,20,28H,5,17-19H2,1-4H3,(H,34,38). The van der Waals surface area contributed by atoms with E-state index in [1.54, 1.807) is 43.3 Å². The second kappa shape index (κ2) is 15.0. The Morgan fingerprint density at radius 1 is 0.952 bits per heavy atom. The molecule has 0 fully saturated rings. The smallest absolute Gasteiger partial charge is 0.264 e. The number of nitrogens with zero attached hydrogens (tertiary/aromatic N) is 2. The first-order chi connectivity index (χ1) is 19.9. The van der Waals surface area contributed by atoms with E-state index < -0.39 is 28.5 Å². The molecule has 0 bridgehead atoms. The summed E-state index contributed by atoms with van der Waals surface area (Å²) in [5.41, 5.74) is 0.818. The Morgan fingerprint density at radius 2 is 1.64 bits per heavy atom. The Balaban J connectivity index is 2.06. The molecule has 1 atom stereocenters. The van der Waals surface area contributed by atoms with Crippen LogP contribution in [0.5, 0.6) is 5.75 Å². The van der Waals surface area contributed by atoms with Gasteiger partial charge < -0.3 is 15.0 Å². The van der Waals surface area contributed by atoms with E-state index in [0.717, 1.165) is 4.31 Å². The molecule has 0 heterocycles. The molecule has 2 amide bonds. The number of hydrogen-bond acceptors (Lipinski definition) is 5. The third kappa shape index (κ3) is 8.53. The van der Waals surface area contributed by atoms with Crippen LogP contribution in [-0.2, 0) is 26.2 Å². The lowest BCUT2D eigenvalue weighted by atomic mass is 10.1. The van der Waals surface area contributed by atoms with E-state index in [2.05, 4.69) is 5.32 Å². The number of amides is 2. The molecule has 8 nitrogen and oxygen atoms in total. The predicted octanol–water partition coefficient (Wildman–Crippen LogP) is 6.43. The highest BCUT2D eigenvalue weighted by molar-refractivity contribution is 7.92. The zero-order valence-electron chi connectivity index (χ0n) is 23.8. The van der Waals surface area contributed by atoms with Crippen molar-refractivity contribution in [3.63, 3.8) is 0 Å². The number of anilines is 1. The molecule has 42 heavy (non-hydrogen) atoms. The molecule has 0 saturated heterocycles. The van der Waals surface area contributed by atoms with Crippen LogP contribution in [0.3, 0.4) is 0 Å². The number of carbonyl (C=O) groups is 2. The molecule has 3 aromatic carbocycles. The number of carbonyl (C=O) groups excluding carboxylic acids is 2. The Bertz CT molecular complexity index is 1500. The van der Waals surface area contributed by atoms with Crippen LogP contribution < -0.4 is 14.4 Å². The first-order valence-corrected chi connectivity index (χ1v) is 15.9. The summed E-state index contributed by atoms with van der Waals surface area (Å²) in [4.78, 5) is 28.7. The molecule has 0 radical (unpaired) electrons. The lowest BCUT2D eigenvalue weighted by molar-refractivity contribution is -0.140. The molecule has 226 valence electrons. The van der Waals surface area contributed by atoms with E-state index in [-0.39, 0.29) is 29.0 Å². The van der Waals surface area contributed by atoms with Crippen molar-refractivity contribution in [2.24, 2.45) is 5.92 Å². The average molecular weight is 655 g/mol. The highest BCUT2D eigenvalue weighted by atomic mass is 35.5. The second-order valence-electron chi connectivity index (χ2n) is 10.0. The Labute approximate surface area is 262 Å². The molecular formula is C30H34Cl3N3O5S. The average Bonchev–Trinajstić information content (AvgIpc) is 2.96. The summed E-state index contributed by atoms with van der Waals surface area (Å²) in [5, 5.41) is 3.82. The fraction of sp³-hybridized carbons (Fsp3) is 0.333. The van der Waals surface area contributed by atoms with E-state index in [1.165, 1.54) is 42.3 Å². The topological polar surface area (TPSA) is 96.0 Å². The van der Waals surface area contributed by atoms with Crippen molar-refractivity contribution in [2.75, 3.05) is 24.5 Å². The molecule has 0 saturated carbocycles. The molecule has 0 aromatic heterocycles. The summed E-state index contributed by atoms with van der Waals surface area (Å²) >= 11 is 18.6. The first-order valence-electron chi connectivity index (χ1n) is 13.3. The fourth-order valence-electron chi connectivity index (χ4n) is 4.21. The number of sulfonamides is 1. The van der Waals surface area contributed by atoms with E-state index in [9.17, 15) is 18.0 Å². The van der Waals surface area contributed by atoms with Gasteiger partial charge in [0.2, 0.25) is 11.8 Å². The summed E-state index contributed by atoms with van der Waals surface area (Å²) in [6.45, 7) is 5.54. The van der Waals surface area contributed by atoms with Crippen molar-refractivity contribution < 1.29 is 22.7 Å². The van der Waals surface area contributed by atoms with Gasteiger partial charge in [-0.1, -0.05) is 67.7 Å². The molecular weight excluding hydrogens is 621 g/mol. The number of methoxy groups -OCH3 is 1. The van der Waals surface area contributed by atoms with Crippen molar-refractivity contribution in [1.29, 1.82) is 0 Å². The number of ether oxygens (including phenoxy) is 1. The van der Waals surface area contributed by atoms with Crippen molar-refractivity contribution >= 4 is 62.3 Å². The van der Waals surface area contributed by atoms with Crippen molar-refractivity contribution in [2.45, 2.75) is 44.7 Å². The largest absolute Gasteiger partial charge is 0.497 e. The molecule has 12 heteroatoms. The third-order valence-corrected chi connectivity index (χ3v) is 9.19. The van der Waals surface area contributed by atoms with Crippen LogP contribution in [0.2, 0.25) is 15.1 Å². The first kappa shape index (κ1) is 33.5. The maximum absolute atomic E-state index is 14.1. The molecule has 1 N–H and O–H groups in total. The number of benzene rings is 3. The lowest BCUT2D eigenvalue weighted by Crippen LogP contribution is -2.52. The second-order valence-corrected chi connectivity index (χ2v) is 13.1. The minimum Gasteiger partial charge on any atom is -0.497 e.